The minimum absolute atomic E-state index is 0.0745. The second-order valence-corrected chi connectivity index (χ2v) is 9.00. The van der Waals surface area contributed by atoms with Crippen LogP contribution in [0.3, 0.4) is 0 Å². The zero-order valence-electron chi connectivity index (χ0n) is 16.1. The molecule has 2 heterocycles. The molecule has 1 aliphatic heterocycles. The van der Waals surface area contributed by atoms with Gasteiger partial charge in [0.25, 0.3) is 11.1 Å². The van der Waals surface area contributed by atoms with Crippen molar-refractivity contribution in [2.24, 2.45) is 17.3 Å². The third kappa shape index (κ3) is 5.08. The van der Waals surface area contributed by atoms with Crippen molar-refractivity contribution in [1.29, 1.82) is 0 Å². The number of likely N-dealkylation sites (tertiary alicyclic amines) is 1. The number of hydrogen-bond acceptors (Lipinski definition) is 4. The Hall–Kier alpha value is -2.38. The smallest absolute Gasteiger partial charge is 0.266 e. The summed E-state index contributed by atoms with van der Waals surface area (Å²) in [5, 5.41) is 7.40. The van der Waals surface area contributed by atoms with Gasteiger partial charge in [0.2, 0.25) is 11.8 Å². The molecule has 2 amide bonds. The van der Waals surface area contributed by atoms with Gasteiger partial charge in [0, 0.05) is 37.1 Å². The third-order valence-corrected chi connectivity index (χ3v) is 5.22. The van der Waals surface area contributed by atoms with Crippen LogP contribution in [0.4, 0.5) is 0 Å². The Kier molecular flexibility index (Phi) is 5.26. The molecule has 148 valence electrons. The maximum absolute atomic E-state index is 12.6. The molecule has 2 atom stereocenters. The van der Waals surface area contributed by atoms with Gasteiger partial charge in [-0.2, -0.15) is 0 Å². The SMILES string of the molecule is CC(C)(C)CC(=O)N1CC(C2CC2)[C@H](NC(=O)Cc2cc(=O)[nH][nH]c2=O)C1. The van der Waals surface area contributed by atoms with E-state index in [4.69, 9.17) is 0 Å². The fourth-order valence-corrected chi connectivity index (χ4v) is 3.77. The molecule has 8 nitrogen and oxygen atoms in total. The Morgan fingerprint density at radius 2 is 1.89 bits per heavy atom. The predicted octanol–water partition coefficient (Wildman–Crippen LogP) is 0.395. The molecule has 1 saturated carbocycles. The first kappa shape index (κ1) is 19.4. The Morgan fingerprint density at radius 3 is 2.52 bits per heavy atom. The molecule has 27 heavy (non-hydrogen) atoms. The molecule has 0 aromatic carbocycles. The van der Waals surface area contributed by atoms with Gasteiger partial charge in [0.15, 0.2) is 0 Å². The number of hydrogen-bond donors (Lipinski definition) is 3. The fourth-order valence-electron chi connectivity index (χ4n) is 3.77. The molecule has 2 aliphatic rings. The van der Waals surface area contributed by atoms with E-state index in [1.165, 1.54) is 0 Å². The second kappa shape index (κ2) is 7.32. The first-order valence-corrected chi connectivity index (χ1v) is 9.50. The highest BCUT2D eigenvalue weighted by molar-refractivity contribution is 5.80. The molecule has 1 saturated heterocycles. The lowest BCUT2D eigenvalue weighted by atomic mass is 9.91. The minimum Gasteiger partial charge on any atom is -0.351 e. The predicted molar refractivity (Wildman–Crippen MR) is 100 cm³/mol. The van der Waals surface area contributed by atoms with E-state index in [1.54, 1.807) is 0 Å². The molecule has 1 unspecified atom stereocenters. The molecule has 8 heteroatoms. The standard InChI is InChI=1S/C19H28N4O4/c1-19(2,3)8-17(26)23-9-13(11-4-5-11)14(10-23)20-15(24)6-12-7-16(25)21-22-18(12)27/h7,11,13-14H,4-6,8-10H2,1-3H3,(H,20,24)(H,21,25)(H,22,27)/t13?,14-/m1/s1. The second-order valence-electron chi connectivity index (χ2n) is 9.00. The van der Waals surface area contributed by atoms with Crippen LogP contribution in [0, 0.1) is 17.3 Å². The molecule has 1 aromatic heterocycles. The normalized spacial score (nSPS) is 22.7. The van der Waals surface area contributed by atoms with E-state index in [0.29, 0.717) is 25.4 Å². The summed E-state index contributed by atoms with van der Waals surface area (Å²) in [6.07, 6.45) is 2.59. The van der Waals surface area contributed by atoms with Crippen molar-refractivity contribution in [3.05, 3.63) is 32.3 Å². The van der Waals surface area contributed by atoms with Gasteiger partial charge >= 0.3 is 0 Å². The number of nitrogens with zero attached hydrogens (tertiary/aromatic N) is 1. The average molecular weight is 376 g/mol. The number of H-pyrrole nitrogens is 2. The summed E-state index contributed by atoms with van der Waals surface area (Å²) in [5.41, 5.74) is -0.864. The van der Waals surface area contributed by atoms with Crippen LogP contribution in [0.15, 0.2) is 15.7 Å². The summed E-state index contributed by atoms with van der Waals surface area (Å²) >= 11 is 0. The van der Waals surface area contributed by atoms with Crippen molar-refractivity contribution in [3.8, 4) is 0 Å². The number of nitrogens with one attached hydrogen (secondary N) is 3. The summed E-state index contributed by atoms with van der Waals surface area (Å²) in [6.45, 7) is 7.30. The van der Waals surface area contributed by atoms with Crippen molar-refractivity contribution in [1.82, 2.24) is 20.4 Å². The third-order valence-electron chi connectivity index (χ3n) is 5.22. The van der Waals surface area contributed by atoms with E-state index < -0.39 is 11.1 Å². The molecule has 1 aromatic rings. The van der Waals surface area contributed by atoms with Gasteiger partial charge < -0.3 is 10.2 Å². The Balaban J connectivity index is 1.64. The molecular weight excluding hydrogens is 348 g/mol. The van der Waals surface area contributed by atoms with Crippen LogP contribution in [-0.4, -0.2) is 46.0 Å². The van der Waals surface area contributed by atoms with Crippen LogP contribution < -0.4 is 16.4 Å². The summed E-state index contributed by atoms with van der Waals surface area (Å²) in [5.74, 6) is 0.629. The van der Waals surface area contributed by atoms with Crippen LogP contribution in [0.1, 0.15) is 45.6 Å². The summed E-state index contributed by atoms with van der Waals surface area (Å²) in [4.78, 5) is 50.0. The highest BCUT2D eigenvalue weighted by atomic mass is 16.2. The fraction of sp³-hybridized carbons (Fsp3) is 0.684. The minimum atomic E-state index is -0.475. The molecule has 3 rings (SSSR count). The van der Waals surface area contributed by atoms with Crippen molar-refractivity contribution in [2.75, 3.05) is 13.1 Å². The van der Waals surface area contributed by atoms with Gasteiger partial charge in [-0.3, -0.25) is 29.4 Å². The topological polar surface area (TPSA) is 115 Å². The van der Waals surface area contributed by atoms with Gasteiger partial charge in [-0.1, -0.05) is 20.8 Å². The van der Waals surface area contributed by atoms with Crippen LogP contribution in [-0.2, 0) is 16.0 Å². The van der Waals surface area contributed by atoms with Gasteiger partial charge in [0.1, 0.15) is 0 Å². The first-order valence-electron chi connectivity index (χ1n) is 9.50. The van der Waals surface area contributed by atoms with E-state index in [1.807, 2.05) is 25.7 Å². The number of carbonyl (C=O) groups excluding carboxylic acids is 2. The molecule has 0 spiro atoms. The lowest BCUT2D eigenvalue weighted by molar-refractivity contribution is -0.132. The van der Waals surface area contributed by atoms with E-state index in [9.17, 15) is 19.2 Å². The van der Waals surface area contributed by atoms with Crippen molar-refractivity contribution in [2.45, 2.75) is 52.5 Å². The lowest BCUT2D eigenvalue weighted by Gasteiger charge is -2.23. The summed E-state index contributed by atoms with van der Waals surface area (Å²) in [6, 6.07) is 1.04. The van der Waals surface area contributed by atoms with E-state index in [0.717, 1.165) is 18.9 Å². The van der Waals surface area contributed by atoms with Gasteiger partial charge in [-0.05, 0) is 24.2 Å². The molecular formula is C19H28N4O4. The molecule has 3 N–H and O–H groups in total. The van der Waals surface area contributed by atoms with Crippen LogP contribution in [0.2, 0.25) is 0 Å². The van der Waals surface area contributed by atoms with Gasteiger partial charge in [-0.15, -0.1) is 0 Å². The maximum atomic E-state index is 12.6. The van der Waals surface area contributed by atoms with Gasteiger partial charge in [-0.25, -0.2) is 0 Å². The van der Waals surface area contributed by atoms with Gasteiger partial charge in [0.05, 0.1) is 12.5 Å². The number of aromatic amines is 2. The summed E-state index contributed by atoms with van der Waals surface area (Å²) in [7, 11) is 0. The van der Waals surface area contributed by atoms with Crippen molar-refractivity contribution in [3.63, 3.8) is 0 Å². The maximum Gasteiger partial charge on any atom is 0.266 e. The van der Waals surface area contributed by atoms with Crippen molar-refractivity contribution >= 4 is 11.8 Å². The summed E-state index contributed by atoms with van der Waals surface area (Å²) < 4.78 is 0. The van der Waals surface area contributed by atoms with E-state index >= 15 is 0 Å². The average Bonchev–Trinajstić information content (AvgIpc) is 3.30. The Morgan fingerprint density at radius 1 is 1.19 bits per heavy atom. The monoisotopic (exact) mass is 376 g/mol. The Bertz CT molecular complexity index is 831. The molecule has 0 radical (unpaired) electrons. The molecule has 1 aliphatic carbocycles. The van der Waals surface area contributed by atoms with Crippen LogP contribution in [0.5, 0.6) is 0 Å². The first-order chi connectivity index (χ1) is 12.6. The van der Waals surface area contributed by atoms with Crippen molar-refractivity contribution < 1.29 is 9.59 Å². The highest BCUT2D eigenvalue weighted by Gasteiger charge is 2.44. The molecule has 2 fully saturated rings. The highest BCUT2D eigenvalue weighted by Crippen LogP contribution is 2.41. The molecule has 0 bridgehead atoms. The van der Waals surface area contributed by atoms with Crippen LogP contribution in [0.25, 0.3) is 0 Å². The Labute approximate surface area is 157 Å². The van der Waals surface area contributed by atoms with E-state index in [-0.39, 0.29) is 41.2 Å². The number of carbonyl (C=O) groups is 2. The quantitative estimate of drug-likeness (QED) is 0.690. The van der Waals surface area contributed by atoms with Crippen LogP contribution >= 0.6 is 0 Å². The zero-order chi connectivity index (χ0) is 19.8. The lowest BCUT2D eigenvalue weighted by Crippen LogP contribution is -2.43. The zero-order valence-corrected chi connectivity index (χ0v) is 16.1. The number of rotatable bonds is 5. The van der Waals surface area contributed by atoms with E-state index in [2.05, 4.69) is 15.5 Å². The number of amides is 2. The largest absolute Gasteiger partial charge is 0.351 e. The number of aromatic nitrogens is 2.